The van der Waals surface area contributed by atoms with Crippen LogP contribution in [0.3, 0.4) is 0 Å². The van der Waals surface area contributed by atoms with Crippen molar-refractivity contribution < 1.29 is 4.42 Å². The number of rotatable bonds is 1. The molecule has 3 aromatic heterocycles. The minimum atomic E-state index is -0.0733. The van der Waals surface area contributed by atoms with Crippen LogP contribution in [0.1, 0.15) is 0 Å². The van der Waals surface area contributed by atoms with Gasteiger partial charge in [0.25, 0.3) is 0 Å². The lowest BCUT2D eigenvalue weighted by Crippen LogP contribution is -2.01. The van der Waals surface area contributed by atoms with Gasteiger partial charge in [0.2, 0.25) is 0 Å². The van der Waals surface area contributed by atoms with Crippen molar-refractivity contribution in [3.8, 4) is 11.5 Å². The molecule has 4 aromatic rings. The van der Waals surface area contributed by atoms with Crippen LogP contribution in [0.25, 0.3) is 27.9 Å². The van der Waals surface area contributed by atoms with Gasteiger partial charge in [-0.15, -0.1) is 0 Å². The summed E-state index contributed by atoms with van der Waals surface area (Å²) in [7, 11) is 0. The molecule has 0 amide bonds. The highest BCUT2D eigenvalue weighted by atomic mass is 79.9. The molecule has 0 spiro atoms. The summed E-state index contributed by atoms with van der Waals surface area (Å²) in [4.78, 5) is 16.5. The van der Waals surface area contributed by atoms with E-state index < -0.39 is 0 Å². The Balaban J connectivity index is 1.98. The number of fused-ring (bicyclic) bond motifs is 2. The van der Waals surface area contributed by atoms with E-state index in [0.29, 0.717) is 22.4 Å². The second-order valence-corrected chi connectivity index (χ2v) is 5.65. The smallest absolute Gasteiger partial charge is 0.193 e. The van der Waals surface area contributed by atoms with Crippen LogP contribution < -0.4 is 5.43 Å². The zero-order valence-electron chi connectivity index (χ0n) is 10.8. The molecule has 102 valence electrons. The average molecular weight is 341 g/mol. The van der Waals surface area contributed by atoms with Crippen LogP contribution in [-0.2, 0) is 0 Å². The molecule has 4 nitrogen and oxygen atoms in total. The summed E-state index contributed by atoms with van der Waals surface area (Å²) >= 11 is 3.38. The van der Waals surface area contributed by atoms with Crippen LogP contribution in [0.4, 0.5) is 0 Å². The quantitative estimate of drug-likeness (QED) is 0.528. The first kappa shape index (κ1) is 12.3. The Bertz CT molecular complexity index is 1030. The van der Waals surface area contributed by atoms with E-state index in [0.717, 1.165) is 9.99 Å². The SMILES string of the molecule is O=c1cc(-c2cc3cccn3cn2)oc2cc(Br)ccc12. The molecule has 0 aliphatic carbocycles. The van der Waals surface area contributed by atoms with Crippen LogP contribution in [0.2, 0.25) is 0 Å². The Morgan fingerprint density at radius 1 is 1.14 bits per heavy atom. The molecule has 4 rings (SSSR count). The van der Waals surface area contributed by atoms with E-state index in [2.05, 4.69) is 20.9 Å². The van der Waals surface area contributed by atoms with Gasteiger partial charge >= 0.3 is 0 Å². The maximum absolute atomic E-state index is 12.2. The van der Waals surface area contributed by atoms with Crippen LogP contribution >= 0.6 is 15.9 Å². The van der Waals surface area contributed by atoms with E-state index >= 15 is 0 Å². The van der Waals surface area contributed by atoms with Gasteiger partial charge in [-0.3, -0.25) is 4.79 Å². The fourth-order valence-electron chi connectivity index (χ4n) is 2.33. The van der Waals surface area contributed by atoms with E-state index in [1.165, 1.54) is 6.07 Å². The van der Waals surface area contributed by atoms with Crippen molar-refractivity contribution in [3.05, 3.63) is 69.7 Å². The summed E-state index contributed by atoms with van der Waals surface area (Å²) < 4.78 is 8.60. The van der Waals surface area contributed by atoms with Gasteiger partial charge in [-0.25, -0.2) is 4.98 Å². The zero-order valence-corrected chi connectivity index (χ0v) is 12.4. The lowest BCUT2D eigenvalue weighted by molar-refractivity contribution is 0.615. The second-order valence-electron chi connectivity index (χ2n) is 4.73. The number of hydrogen-bond acceptors (Lipinski definition) is 3. The monoisotopic (exact) mass is 340 g/mol. The fourth-order valence-corrected chi connectivity index (χ4v) is 2.67. The van der Waals surface area contributed by atoms with Crippen molar-refractivity contribution in [3.63, 3.8) is 0 Å². The van der Waals surface area contributed by atoms with Crippen LogP contribution in [0.15, 0.2) is 68.7 Å². The average Bonchev–Trinajstić information content (AvgIpc) is 2.94. The Morgan fingerprint density at radius 3 is 2.95 bits per heavy atom. The van der Waals surface area contributed by atoms with Crippen molar-refractivity contribution in [1.29, 1.82) is 0 Å². The molecule has 1 aromatic carbocycles. The molecule has 0 N–H and O–H groups in total. The highest BCUT2D eigenvalue weighted by Gasteiger charge is 2.09. The molecule has 0 radical (unpaired) electrons. The van der Waals surface area contributed by atoms with Crippen LogP contribution in [-0.4, -0.2) is 9.38 Å². The van der Waals surface area contributed by atoms with E-state index in [-0.39, 0.29) is 5.43 Å². The topological polar surface area (TPSA) is 47.5 Å². The van der Waals surface area contributed by atoms with Gasteiger partial charge in [0, 0.05) is 22.3 Å². The van der Waals surface area contributed by atoms with Gasteiger partial charge < -0.3 is 8.82 Å². The highest BCUT2D eigenvalue weighted by molar-refractivity contribution is 9.10. The normalized spacial score (nSPS) is 11.3. The number of benzene rings is 1. The maximum Gasteiger partial charge on any atom is 0.193 e. The van der Waals surface area contributed by atoms with E-state index in [1.54, 1.807) is 18.5 Å². The Labute approximate surface area is 127 Å². The second kappa shape index (κ2) is 4.56. The zero-order chi connectivity index (χ0) is 14.4. The third-order valence-electron chi connectivity index (χ3n) is 3.36. The summed E-state index contributed by atoms with van der Waals surface area (Å²) in [5, 5.41) is 0.561. The summed E-state index contributed by atoms with van der Waals surface area (Å²) in [6.07, 6.45) is 3.62. The molecule has 0 aliphatic heterocycles. The molecule has 0 atom stereocenters. The molecule has 3 heterocycles. The molecular weight excluding hydrogens is 332 g/mol. The lowest BCUT2D eigenvalue weighted by Gasteiger charge is -2.04. The van der Waals surface area contributed by atoms with Gasteiger partial charge in [0.1, 0.15) is 11.3 Å². The molecule has 0 fully saturated rings. The van der Waals surface area contributed by atoms with Crippen molar-refractivity contribution in [2.24, 2.45) is 0 Å². The Kier molecular flexibility index (Phi) is 2.68. The van der Waals surface area contributed by atoms with Gasteiger partial charge in [0.15, 0.2) is 11.2 Å². The maximum atomic E-state index is 12.2. The van der Waals surface area contributed by atoms with Gasteiger partial charge in [-0.2, -0.15) is 0 Å². The summed E-state index contributed by atoms with van der Waals surface area (Å²) in [6, 6.07) is 12.6. The van der Waals surface area contributed by atoms with Crippen molar-refractivity contribution in [1.82, 2.24) is 9.38 Å². The first-order valence-electron chi connectivity index (χ1n) is 6.37. The summed E-state index contributed by atoms with van der Waals surface area (Å²) in [5.41, 5.74) is 2.11. The Morgan fingerprint density at radius 2 is 2.05 bits per heavy atom. The standard InChI is InChI=1S/C16H9BrN2O2/c17-10-3-4-12-14(20)8-16(21-15(12)6-10)13-7-11-2-1-5-19(11)9-18-13/h1-9H. The predicted molar refractivity (Wildman–Crippen MR) is 84.4 cm³/mol. The van der Waals surface area contributed by atoms with E-state index in [4.69, 9.17) is 4.42 Å². The van der Waals surface area contributed by atoms with Gasteiger partial charge in [-0.1, -0.05) is 15.9 Å². The molecule has 0 saturated heterocycles. The van der Waals surface area contributed by atoms with Gasteiger partial charge in [0.05, 0.1) is 11.7 Å². The molecular formula is C16H9BrN2O2. The molecule has 0 saturated carbocycles. The molecule has 21 heavy (non-hydrogen) atoms. The highest BCUT2D eigenvalue weighted by Crippen LogP contribution is 2.23. The summed E-state index contributed by atoms with van der Waals surface area (Å²) in [5.74, 6) is 0.467. The fraction of sp³-hybridized carbons (Fsp3) is 0. The molecule has 0 bridgehead atoms. The Hall–Kier alpha value is -2.40. The molecule has 0 aliphatic rings. The minimum absolute atomic E-state index is 0.0733. The number of aromatic nitrogens is 2. The third-order valence-corrected chi connectivity index (χ3v) is 3.85. The van der Waals surface area contributed by atoms with Gasteiger partial charge in [-0.05, 0) is 36.4 Å². The van der Waals surface area contributed by atoms with Crippen molar-refractivity contribution >= 4 is 32.4 Å². The lowest BCUT2D eigenvalue weighted by atomic mass is 10.2. The van der Waals surface area contributed by atoms with Crippen molar-refractivity contribution in [2.45, 2.75) is 0 Å². The third kappa shape index (κ3) is 2.06. The predicted octanol–water partition coefficient (Wildman–Crippen LogP) is 3.87. The number of nitrogens with zero attached hydrogens (tertiary/aromatic N) is 2. The number of halogens is 1. The minimum Gasteiger partial charge on any atom is -0.454 e. The van der Waals surface area contributed by atoms with E-state index in [9.17, 15) is 4.79 Å². The first-order chi connectivity index (χ1) is 10.2. The first-order valence-corrected chi connectivity index (χ1v) is 7.16. The largest absolute Gasteiger partial charge is 0.454 e. The van der Waals surface area contributed by atoms with Crippen molar-refractivity contribution in [2.75, 3.05) is 0 Å². The number of hydrogen-bond donors (Lipinski definition) is 0. The van der Waals surface area contributed by atoms with Crippen LogP contribution in [0, 0.1) is 0 Å². The van der Waals surface area contributed by atoms with Crippen LogP contribution in [0.5, 0.6) is 0 Å². The molecule has 0 unspecified atom stereocenters. The molecule has 5 heteroatoms. The summed E-state index contributed by atoms with van der Waals surface area (Å²) in [6.45, 7) is 0. The van der Waals surface area contributed by atoms with E-state index in [1.807, 2.05) is 34.9 Å².